The molecule has 92 valence electrons. The number of aliphatic carboxylic acids is 1. The van der Waals surface area contributed by atoms with Gasteiger partial charge in [0, 0.05) is 24.2 Å². The third-order valence-electron chi connectivity index (χ3n) is 2.14. The molecule has 1 N–H and O–H groups in total. The molecular formula is C11H11ClFNO3. The second kappa shape index (κ2) is 5.63. The van der Waals surface area contributed by atoms with E-state index < -0.39 is 24.1 Å². The fraction of sp³-hybridized carbons (Fsp3) is 0.273. The van der Waals surface area contributed by atoms with E-state index >= 15 is 0 Å². The number of rotatable bonds is 4. The van der Waals surface area contributed by atoms with Gasteiger partial charge in [-0.25, -0.2) is 4.39 Å². The molecule has 1 amide bonds. The molecule has 0 aliphatic heterocycles. The van der Waals surface area contributed by atoms with Crippen LogP contribution in [0.25, 0.3) is 0 Å². The Morgan fingerprint density at radius 3 is 2.71 bits per heavy atom. The van der Waals surface area contributed by atoms with Gasteiger partial charge >= 0.3 is 5.97 Å². The maximum absolute atomic E-state index is 13.3. The maximum atomic E-state index is 13.3. The third-order valence-corrected chi connectivity index (χ3v) is 2.38. The van der Waals surface area contributed by atoms with Crippen molar-refractivity contribution >= 4 is 23.5 Å². The molecule has 0 atom stereocenters. The molecule has 0 unspecified atom stereocenters. The van der Waals surface area contributed by atoms with Gasteiger partial charge in [0.25, 0.3) is 0 Å². The van der Waals surface area contributed by atoms with Crippen LogP contribution < -0.4 is 0 Å². The van der Waals surface area contributed by atoms with E-state index in [2.05, 4.69) is 0 Å². The predicted molar refractivity (Wildman–Crippen MR) is 60.1 cm³/mol. The number of carboxylic acid groups (broad SMARTS) is 1. The Bertz CT molecular complexity index is 450. The van der Waals surface area contributed by atoms with Crippen molar-refractivity contribution in [2.45, 2.75) is 13.0 Å². The Labute approximate surface area is 103 Å². The second-order valence-corrected chi connectivity index (χ2v) is 3.99. The lowest BCUT2D eigenvalue weighted by Gasteiger charge is -2.16. The van der Waals surface area contributed by atoms with Gasteiger partial charge in [-0.1, -0.05) is 11.6 Å². The van der Waals surface area contributed by atoms with E-state index in [1.54, 1.807) is 0 Å². The second-order valence-electron chi connectivity index (χ2n) is 3.56. The van der Waals surface area contributed by atoms with Crippen LogP contribution in [0.3, 0.4) is 0 Å². The Hall–Kier alpha value is -1.62. The van der Waals surface area contributed by atoms with E-state index in [9.17, 15) is 14.0 Å². The summed E-state index contributed by atoms with van der Waals surface area (Å²) in [6.45, 7) is -0.0154. The highest BCUT2D eigenvalue weighted by Crippen LogP contribution is 2.16. The van der Waals surface area contributed by atoms with E-state index in [1.165, 1.54) is 25.2 Å². The topological polar surface area (TPSA) is 57.6 Å². The zero-order valence-corrected chi connectivity index (χ0v) is 9.87. The molecule has 1 rings (SSSR count). The molecule has 0 aromatic heterocycles. The lowest BCUT2D eigenvalue weighted by atomic mass is 10.2. The van der Waals surface area contributed by atoms with E-state index in [0.717, 1.165) is 4.90 Å². The minimum atomic E-state index is -1.21. The predicted octanol–water partition coefficient (Wildman–Crippen LogP) is 1.91. The van der Waals surface area contributed by atoms with Crippen LogP contribution in [0, 0.1) is 5.82 Å². The van der Waals surface area contributed by atoms with Gasteiger partial charge in [0.2, 0.25) is 5.91 Å². The summed E-state index contributed by atoms with van der Waals surface area (Å²) < 4.78 is 13.3. The average Bonchev–Trinajstić information content (AvgIpc) is 2.22. The van der Waals surface area contributed by atoms with E-state index in [-0.39, 0.29) is 12.1 Å². The molecule has 0 saturated heterocycles. The highest BCUT2D eigenvalue weighted by atomic mass is 35.5. The van der Waals surface area contributed by atoms with Crippen molar-refractivity contribution in [3.05, 3.63) is 34.6 Å². The first-order valence-electron chi connectivity index (χ1n) is 4.80. The van der Waals surface area contributed by atoms with Crippen LogP contribution in [0.1, 0.15) is 12.0 Å². The number of carbonyl (C=O) groups is 2. The summed E-state index contributed by atoms with van der Waals surface area (Å²) in [6, 6.07) is 4.01. The average molecular weight is 260 g/mol. The summed E-state index contributed by atoms with van der Waals surface area (Å²) in [4.78, 5) is 22.8. The first-order chi connectivity index (χ1) is 7.90. The molecule has 4 nitrogen and oxygen atoms in total. The van der Waals surface area contributed by atoms with Crippen LogP contribution in [0.4, 0.5) is 4.39 Å². The van der Waals surface area contributed by atoms with Gasteiger partial charge in [-0.15, -0.1) is 0 Å². The smallest absolute Gasteiger partial charge is 0.312 e. The lowest BCUT2D eigenvalue weighted by molar-refractivity contribution is -0.143. The minimum absolute atomic E-state index is 0.0154. The standard InChI is InChI=1S/C11H11ClFNO3/c1-14(10(15)5-11(16)17)6-7-4-8(12)2-3-9(7)13/h2-4H,5-6H2,1H3,(H,16,17). The fourth-order valence-electron chi connectivity index (χ4n) is 1.27. The van der Waals surface area contributed by atoms with Crippen molar-refractivity contribution in [2.24, 2.45) is 0 Å². The molecule has 17 heavy (non-hydrogen) atoms. The van der Waals surface area contributed by atoms with Crippen LogP contribution in [0.15, 0.2) is 18.2 Å². The number of carbonyl (C=O) groups excluding carboxylic acids is 1. The summed E-state index contributed by atoms with van der Waals surface area (Å²) in [5.74, 6) is -2.28. The number of amides is 1. The number of nitrogens with zero attached hydrogens (tertiary/aromatic N) is 1. The Morgan fingerprint density at radius 2 is 2.12 bits per heavy atom. The first-order valence-corrected chi connectivity index (χ1v) is 5.17. The summed E-state index contributed by atoms with van der Waals surface area (Å²) >= 11 is 5.70. The zero-order chi connectivity index (χ0) is 13.0. The van der Waals surface area contributed by atoms with Gasteiger partial charge in [0.15, 0.2) is 0 Å². The largest absolute Gasteiger partial charge is 0.481 e. The molecule has 0 fully saturated rings. The normalized spacial score (nSPS) is 10.1. The Morgan fingerprint density at radius 1 is 1.47 bits per heavy atom. The Kier molecular flexibility index (Phi) is 4.45. The summed E-state index contributed by atoms with van der Waals surface area (Å²) in [5.41, 5.74) is 0.249. The summed E-state index contributed by atoms with van der Waals surface area (Å²) in [5, 5.41) is 8.82. The van der Waals surface area contributed by atoms with Crippen molar-refractivity contribution in [3.8, 4) is 0 Å². The van der Waals surface area contributed by atoms with Gasteiger partial charge in [0.05, 0.1) is 0 Å². The molecule has 0 heterocycles. The van der Waals surface area contributed by atoms with Crippen molar-refractivity contribution in [1.82, 2.24) is 4.90 Å². The van der Waals surface area contributed by atoms with E-state index in [0.29, 0.717) is 5.02 Å². The maximum Gasteiger partial charge on any atom is 0.312 e. The molecule has 1 aromatic rings. The number of halogens is 2. The van der Waals surface area contributed by atoms with E-state index in [4.69, 9.17) is 16.7 Å². The van der Waals surface area contributed by atoms with Crippen LogP contribution in [0.5, 0.6) is 0 Å². The van der Waals surface area contributed by atoms with Crippen LogP contribution >= 0.6 is 11.6 Å². The van der Waals surface area contributed by atoms with Gasteiger partial charge < -0.3 is 10.0 Å². The van der Waals surface area contributed by atoms with Crippen molar-refractivity contribution < 1.29 is 19.1 Å². The monoisotopic (exact) mass is 259 g/mol. The van der Waals surface area contributed by atoms with Gasteiger partial charge in [-0.2, -0.15) is 0 Å². The van der Waals surface area contributed by atoms with Gasteiger partial charge in [-0.05, 0) is 18.2 Å². The van der Waals surface area contributed by atoms with Gasteiger partial charge in [0.1, 0.15) is 12.2 Å². The first kappa shape index (κ1) is 13.4. The van der Waals surface area contributed by atoms with Crippen LogP contribution in [-0.4, -0.2) is 28.9 Å². The third kappa shape index (κ3) is 4.03. The molecule has 0 bridgehead atoms. The summed E-state index contributed by atoms with van der Waals surface area (Å²) in [6.07, 6.45) is -0.612. The highest BCUT2D eigenvalue weighted by Gasteiger charge is 2.14. The van der Waals surface area contributed by atoms with Crippen LogP contribution in [-0.2, 0) is 16.1 Å². The highest BCUT2D eigenvalue weighted by molar-refractivity contribution is 6.30. The lowest BCUT2D eigenvalue weighted by Crippen LogP contribution is -2.28. The molecule has 1 aromatic carbocycles. The number of carboxylic acids is 1. The summed E-state index contributed by atoms with van der Waals surface area (Å²) in [7, 11) is 1.41. The molecule has 0 radical (unpaired) electrons. The van der Waals surface area contributed by atoms with Crippen molar-refractivity contribution in [2.75, 3.05) is 7.05 Å². The van der Waals surface area contributed by atoms with Crippen LogP contribution in [0.2, 0.25) is 5.02 Å². The SMILES string of the molecule is CN(Cc1cc(Cl)ccc1F)C(=O)CC(=O)O. The van der Waals surface area contributed by atoms with Gasteiger partial charge in [-0.3, -0.25) is 9.59 Å². The number of benzene rings is 1. The number of hydrogen-bond donors (Lipinski definition) is 1. The van der Waals surface area contributed by atoms with Crippen molar-refractivity contribution in [1.29, 1.82) is 0 Å². The molecule has 0 saturated carbocycles. The zero-order valence-electron chi connectivity index (χ0n) is 9.11. The Balaban J connectivity index is 2.73. The molecular weight excluding hydrogens is 249 g/mol. The molecule has 0 spiro atoms. The molecule has 0 aliphatic carbocycles. The minimum Gasteiger partial charge on any atom is -0.481 e. The van der Waals surface area contributed by atoms with Crippen molar-refractivity contribution in [3.63, 3.8) is 0 Å². The molecule has 0 aliphatic rings. The molecule has 6 heteroatoms. The fourth-order valence-corrected chi connectivity index (χ4v) is 1.47. The number of hydrogen-bond acceptors (Lipinski definition) is 2. The quantitative estimate of drug-likeness (QED) is 0.841. The van der Waals surface area contributed by atoms with E-state index in [1.807, 2.05) is 0 Å².